The highest BCUT2D eigenvalue weighted by Crippen LogP contribution is 2.28. The summed E-state index contributed by atoms with van der Waals surface area (Å²) in [5, 5.41) is 0. The van der Waals surface area contributed by atoms with Gasteiger partial charge in [-0.05, 0) is 37.6 Å². The summed E-state index contributed by atoms with van der Waals surface area (Å²) in [6.07, 6.45) is 3.06. The summed E-state index contributed by atoms with van der Waals surface area (Å²) in [5.74, 6) is 0.974. The number of esters is 1. The lowest BCUT2D eigenvalue weighted by atomic mass is 10.2. The summed E-state index contributed by atoms with van der Waals surface area (Å²) in [7, 11) is 1.58. The van der Waals surface area contributed by atoms with E-state index in [9.17, 15) is 4.79 Å². The molecule has 18 heavy (non-hydrogen) atoms. The Labute approximate surface area is 107 Å². The number of benzene rings is 1. The quantitative estimate of drug-likeness (QED) is 0.575. The third-order valence-electron chi connectivity index (χ3n) is 2.19. The van der Waals surface area contributed by atoms with Crippen molar-refractivity contribution in [1.29, 1.82) is 0 Å². The van der Waals surface area contributed by atoms with Crippen molar-refractivity contribution in [3.05, 3.63) is 29.8 Å². The number of hydrogen-bond acceptors (Lipinski definition) is 4. The molecule has 98 valence electrons. The Hall–Kier alpha value is -1.97. The average molecular weight is 250 g/mol. The van der Waals surface area contributed by atoms with E-state index in [0.717, 1.165) is 5.56 Å². The van der Waals surface area contributed by atoms with Gasteiger partial charge >= 0.3 is 5.97 Å². The standard InChI is InChI=1S/C14H18O4/c1-4-17-12-8-6-11(10-13(12)16-3)7-9-14(15)18-5-2/h6-10H,4-5H2,1-3H3/b9-7+. The fourth-order valence-electron chi connectivity index (χ4n) is 1.42. The highest BCUT2D eigenvalue weighted by molar-refractivity contribution is 5.87. The zero-order valence-electron chi connectivity index (χ0n) is 10.9. The molecule has 0 heterocycles. The summed E-state index contributed by atoms with van der Waals surface area (Å²) in [6.45, 7) is 4.63. The van der Waals surface area contributed by atoms with Crippen LogP contribution >= 0.6 is 0 Å². The van der Waals surface area contributed by atoms with Crippen LogP contribution in [0.5, 0.6) is 11.5 Å². The van der Waals surface area contributed by atoms with E-state index in [0.29, 0.717) is 24.7 Å². The summed E-state index contributed by atoms with van der Waals surface area (Å²) in [4.78, 5) is 11.2. The average Bonchev–Trinajstić information content (AvgIpc) is 2.38. The maximum atomic E-state index is 11.2. The molecular weight excluding hydrogens is 232 g/mol. The van der Waals surface area contributed by atoms with Gasteiger partial charge in [-0.25, -0.2) is 4.79 Å². The molecule has 0 aromatic heterocycles. The first-order chi connectivity index (χ1) is 8.71. The topological polar surface area (TPSA) is 44.8 Å². The molecule has 0 saturated carbocycles. The largest absolute Gasteiger partial charge is 0.493 e. The van der Waals surface area contributed by atoms with Gasteiger partial charge in [0.05, 0.1) is 20.3 Å². The minimum atomic E-state index is -0.356. The molecule has 1 aromatic rings. The van der Waals surface area contributed by atoms with Crippen LogP contribution in [0.1, 0.15) is 19.4 Å². The van der Waals surface area contributed by atoms with Crippen LogP contribution in [0.4, 0.5) is 0 Å². The number of carbonyl (C=O) groups is 1. The van der Waals surface area contributed by atoms with Gasteiger partial charge in [0.1, 0.15) is 0 Å². The van der Waals surface area contributed by atoms with Gasteiger partial charge in [-0.1, -0.05) is 6.07 Å². The Balaban J connectivity index is 2.82. The summed E-state index contributed by atoms with van der Waals surface area (Å²) < 4.78 is 15.4. The van der Waals surface area contributed by atoms with Crippen molar-refractivity contribution < 1.29 is 19.0 Å². The van der Waals surface area contributed by atoms with Crippen molar-refractivity contribution in [2.75, 3.05) is 20.3 Å². The molecule has 1 aromatic carbocycles. The lowest BCUT2D eigenvalue weighted by molar-refractivity contribution is -0.137. The van der Waals surface area contributed by atoms with Gasteiger partial charge < -0.3 is 14.2 Å². The second-order valence-corrected chi connectivity index (χ2v) is 3.43. The molecule has 0 N–H and O–H groups in total. The molecule has 0 unspecified atom stereocenters. The van der Waals surface area contributed by atoms with Gasteiger partial charge in [-0.3, -0.25) is 0 Å². The van der Waals surface area contributed by atoms with Crippen LogP contribution in [0, 0.1) is 0 Å². The monoisotopic (exact) mass is 250 g/mol. The zero-order valence-corrected chi connectivity index (χ0v) is 10.9. The first-order valence-electron chi connectivity index (χ1n) is 5.87. The van der Waals surface area contributed by atoms with Crippen molar-refractivity contribution >= 4 is 12.0 Å². The van der Waals surface area contributed by atoms with Crippen LogP contribution in [0.25, 0.3) is 6.08 Å². The van der Waals surface area contributed by atoms with Crippen LogP contribution in [-0.2, 0) is 9.53 Å². The molecule has 1 rings (SSSR count). The van der Waals surface area contributed by atoms with Gasteiger partial charge in [0.2, 0.25) is 0 Å². The molecule has 0 aliphatic rings. The molecule has 4 nitrogen and oxygen atoms in total. The maximum absolute atomic E-state index is 11.2. The second kappa shape index (κ2) is 7.37. The number of ether oxygens (including phenoxy) is 3. The van der Waals surface area contributed by atoms with E-state index in [1.54, 1.807) is 26.2 Å². The van der Waals surface area contributed by atoms with E-state index in [1.807, 2.05) is 19.1 Å². The summed E-state index contributed by atoms with van der Waals surface area (Å²) >= 11 is 0. The van der Waals surface area contributed by atoms with E-state index in [4.69, 9.17) is 14.2 Å². The Bertz CT molecular complexity index is 424. The van der Waals surface area contributed by atoms with Gasteiger partial charge in [0.25, 0.3) is 0 Å². The molecule has 0 aliphatic carbocycles. The van der Waals surface area contributed by atoms with Gasteiger partial charge in [-0.15, -0.1) is 0 Å². The maximum Gasteiger partial charge on any atom is 0.330 e. The number of carbonyl (C=O) groups excluding carboxylic acids is 1. The molecule has 0 aliphatic heterocycles. The molecule has 0 bridgehead atoms. The van der Waals surface area contributed by atoms with Crippen LogP contribution in [0.2, 0.25) is 0 Å². The number of hydrogen-bond donors (Lipinski definition) is 0. The molecule has 0 fully saturated rings. The van der Waals surface area contributed by atoms with Crippen LogP contribution in [0.3, 0.4) is 0 Å². The minimum Gasteiger partial charge on any atom is -0.493 e. The molecular formula is C14H18O4. The third-order valence-corrected chi connectivity index (χ3v) is 2.19. The number of rotatable bonds is 6. The van der Waals surface area contributed by atoms with Crippen molar-refractivity contribution in [3.8, 4) is 11.5 Å². The van der Waals surface area contributed by atoms with E-state index < -0.39 is 0 Å². The van der Waals surface area contributed by atoms with Crippen molar-refractivity contribution in [1.82, 2.24) is 0 Å². The predicted molar refractivity (Wildman–Crippen MR) is 69.8 cm³/mol. The molecule has 0 spiro atoms. The van der Waals surface area contributed by atoms with E-state index >= 15 is 0 Å². The van der Waals surface area contributed by atoms with E-state index in [-0.39, 0.29) is 5.97 Å². The van der Waals surface area contributed by atoms with E-state index in [2.05, 4.69) is 0 Å². The molecule has 0 radical (unpaired) electrons. The highest BCUT2D eigenvalue weighted by Gasteiger charge is 2.04. The fourth-order valence-corrected chi connectivity index (χ4v) is 1.42. The molecule has 0 saturated heterocycles. The Morgan fingerprint density at radius 3 is 2.61 bits per heavy atom. The lowest BCUT2D eigenvalue weighted by Crippen LogP contribution is -1.98. The molecule has 0 amide bonds. The smallest absolute Gasteiger partial charge is 0.330 e. The highest BCUT2D eigenvalue weighted by atomic mass is 16.5. The van der Waals surface area contributed by atoms with Gasteiger partial charge in [0.15, 0.2) is 11.5 Å². The third kappa shape index (κ3) is 4.13. The van der Waals surface area contributed by atoms with Crippen molar-refractivity contribution in [2.45, 2.75) is 13.8 Å². The summed E-state index contributed by atoms with van der Waals surface area (Å²) in [6, 6.07) is 5.47. The van der Waals surface area contributed by atoms with Crippen LogP contribution in [-0.4, -0.2) is 26.3 Å². The Kier molecular flexibility index (Phi) is 5.77. The SMILES string of the molecule is CCOC(=O)/C=C/c1ccc(OCC)c(OC)c1. The number of methoxy groups -OCH3 is 1. The Morgan fingerprint density at radius 1 is 1.22 bits per heavy atom. The zero-order chi connectivity index (χ0) is 13.4. The van der Waals surface area contributed by atoms with Crippen molar-refractivity contribution in [2.24, 2.45) is 0 Å². The first kappa shape index (κ1) is 14.1. The van der Waals surface area contributed by atoms with Crippen LogP contribution < -0.4 is 9.47 Å². The molecule has 4 heteroatoms. The Morgan fingerprint density at radius 2 is 2.00 bits per heavy atom. The molecule has 0 atom stereocenters. The normalized spacial score (nSPS) is 10.4. The predicted octanol–water partition coefficient (Wildman–Crippen LogP) is 2.67. The van der Waals surface area contributed by atoms with Crippen molar-refractivity contribution in [3.63, 3.8) is 0 Å². The van der Waals surface area contributed by atoms with E-state index in [1.165, 1.54) is 6.08 Å². The summed E-state index contributed by atoms with van der Waals surface area (Å²) in [5.41, 5.74) is 0.850. The minimum absolute atomic E-state index is 0.356. The first-order valence-corrected chi connectivity index (χ1v) is 5.87. The van der Waals surface area contributed by atoms with Gasteiger partial charge in [-0.2, -0.15) is 0 Å². The lowest BCUT2D eigenvalue weighted by Gasteiger charge is -2.09. The fraction of sp³-hybridized carbons (Fsp3) is 0.357. The van der Waals surface area contributed by atoms with Gasteiger partial charge in [0, 0.05) is 6.08 Å². The second-order valence-electron chi connectivity index (χ2n) is 3.43. The van der Waals surface area contributed by atoms with Crippen LogP contribution in [0.15, 0.2) is 24.3 Å².